The Morgan fingerprint density at radius 1 is 0.968 bits per heavy atom. The van der Waals surface area contributed by atoms with Gasteiger partial charge in [0, 0.05) is 12.6 Å². The Hall–Kier alpha value is -3.46. The number of ether oxygens (including phenoxy) is 1. The van der Waals surface area contributed by atoms with Crippen LogP contribution in [0.2, 0.25) is 0 Å². The van der Waals surface area contributed by atoms with Crippen LogP contribution in [-0.2, 0) is 10.0 Å². The molecule has 0 aliphatic carbocycles. The summed E-state index contributed by atoms with van der Waals surface area (Å²) < 4.78 is 59.2. The van der Waals surface area contributed by atoms with Gasteiger partial charge in [-0.15, -0.1) is 0 Å². The van der Waals surface area contributed by atoms with Crippen LogP contribution in [0.3, 0.4) is 0 Å². The van der Waals surface area contributed by atoms with Gasteiger partial charge in [0.1, 0.15) is 11.5 Å². The molecule has 0 amide bonds. The van der Waals surface area contributed by atoms with Gasteiger partial charge in [-0.25, -0.2) is 22.0 Å². The van der Waals surface area contributed by atoms with Gasteiger partial charge in [0.15, 0.2) is 11.6 Å². The van der Waals surface area contributed by atoms with E-state index in [1.807, 2.05) is 0 Å². The zero-order valence-electron chi connectivity index (χ0n) is 16.7. The topological polar surface area (TPSA) is 83.9 Å². The van der Waals surface area contributed by atoms with Crippen LogP contribution in [0.1, 0.15) is 22.8 Å². The number of hydrogen-bond donors (Lipinski definition) is 1. The Balaban J connectivity index is 1.89. The lowest BCUT2D eigenvalue weighted by Gasteiger charge is -2.23. The van der Waals surface area contributed by atoms with E-state index in [0.29, 0.717) is 17.0 Å². The fourth-order valence-electron chi connectivity index (χ4n) is 2.97. The Morgan fingerprint density at radius 3 is 2.19 bits per heavy atom. The summed E-state index contributed by atoms with van der Waals surface area (Å²) in [6.07, 6.45) is 0. The molecular formula is C22H19F2NO5S. The van der Waals surface area contributed by atoms with Gasteiger partial charge in [0.2, 0.25) is 0 Å². The molecule has 0 radical (unpaired) electrons. The number of carboxylic acids is 1. The van der Waals surface area contributed by atoms with Gasteiger partial charge >= 0.3 is 5.97 Å². The molecule has 31 heavy (non-hydrogen) atoms. The van der Waals surface area contributed by atoms with Crippen molar-refractivity contribution in [1.82, 2.24) is 0 Å². The summed E-state index contributed by atoms with van der Waals surface area (Å²) in [5.74, 6) is -2.86. The third-order valence-electron chi connectivity index (χ3n) is 4.57. The number of benzene rings is 3. The first kappa shape index (κ1) is 22.2. The van der Waals surface area contributed by atoms with Crippen molar-refractivity contribution in [3.63, 3.8) is 0 Å². The highest BCUT2D eigenvalue weighted by Gasteiger charge is 2.25. The molecule has 3 aromatic carbocycles. The summed E-state index contributed by atoms with van der Waals surface area (Å²) in [5.41, 5.74) is 0.693. The highest BCUT2D eigenvalue weighted by Crippen LogP contribution is 2.29. The molecule has 6 nitrogen and oxygen atoms in total. The fraction of sp³-hybridized carbons (Fsp3) is 0.136. The van der Waals surface area contributed by atoms with E-state index in [1.54, 1.807) is 13.8 Å². The van der Waals surface area contributed by atoms with Crippen molar-refractivity contribution in [3.05, 3.63) is 83.4 Å². The van der Waals surface area contributed by atoms with Crippen LogP contribution in [0.5, 0.6) is 11.5 Å². The molecule has 0 aromatic heterocycles. The smallest absolute Gasteiger partial charge is 0.335 e. The van der Waals surface area contributed by atoms with E-state index in [2.05, 4.69) is 0 Å². The quantitative estimate of drug-likeness (QED) is 0.552. The minimum Gasteiger partial charge on any atom is -0.478 e. The molecule has 0 aliphatic heterocycles. The monoisotopic (exact) mass is 447 g/mol. The SMILES string of the molecule is CCN(c1ccc(Oc2ccc(F)c(F)c2)cc1)S(=O)(=O)c1ccc(C)c(C(=O)O)c1. The van der Waals surface area contributed by atoms with Crippen molar-refractivity contribution in [2.24, 2.45) is 0 Å². The molecule has 1 N–H and O–H groups in total. The minimum atomic E-state index is -4.02. The van der Waals surface area contributed by atoms with Gasteiger partial charge < -0.3 is 9.84 Å². The van der Waals surface area contributed by atoms with Crippen LogP contribution in [0.15, 0.2) is 65.6 Å². The van der Waals surface area contributed by atoms with Crippen molar-refractivity contribution in [3.8, 4) is 11.5 Å². The number of hydrogen-bond acceptors (Lipinski definition) is 4. The van der Waals surface area contributed by atoms with Gasteiger partial charge in [-0.05, 0) is 67.9 Å². The first-order valence-corrected chi connectivity index (χ1v) is 10.7. The van der Waals surface area contributed by atoms with Gasteiger partial charge in [-0.3, -0.25) is 4.31 Å². The molecule has 0 fully saturated rings. The first-order chi connectivity index (χ1) is 14.6. The Bertz CT molecular complexity index is 1230. The second-order valence-electron chi connectivity index (χ2n) is 6.62. The van der Waals surface area contributed by atoms with E-state index in [4.69, 9.17) is 4.74 Å². The number of aromatic carboxylic acids is 1. The molecule has 0 aliphatic rings. The maximum absolute atomic E-state index is 13.3. The second kappa shape index (κ2) is 8.73. The maximum Gasteiger partial charge on any atom is 0.335 e. The second-order valence-corrected chi connectivity index (χ2v) is 8.49. The Morgan fingerprint density at radius 2 is 1.61 bits per heavy atom. The predicted molar refractivity (Wildman–Crippen MR) is 111 cm³/mol. The minimum absolute atomic E-state index is 0.0903. The average Bonchev–Trinajstić information content (AvgIpc) is 2.72. The van der Waals surface area contributed by atoms with Gasteiger partial charge in [0.25, 0.3) is 10.0 Å². The molecular weight excluding hydrogens is 428 g/mol. The largest absolute Gasteiger partial charge is 0.478 e. The normalized spacial score (nSPS) is 11.2. The Kier molecular flexibility index (Phi) is 6.26. The zero-order chi connectivity index (χ0) is 22.8. The van der Waals surface area contributed by atoms with Crippen LogP contribution >= 0.6 is 0 Å². The number of rotatable bonds is 7. The van der Waals surface area contributed by atoms with Crippen LogP contribution in [0.4, 0.5) is 14.5 Å². The Labute approximate surface area is 178 Å². The van der Waals surface area contributed by atoms with E-state index < -0.39 is 27.6 Å². The van der Waals surface area contributed by atoms with E-state index in [1.165, 1.54) is 42.5 Å². The molecule has 0 bridgehead atoms. The van der Waals surface area contributed by atoms with Crippen LogP contribution in [0.25, 0.3) is 0 Å². The maximum atomic E-state index is 13.3. The van der Waals surface area contributed by atoms with Crippen LogP contribution < -0.4 is 9.04 Å². The van der Waals surface area contributed by atoms with Crippen LogP contribution in [-0.4, -0.2) is 26.0 Å². The number of aryl methyl sites for hydroxylation is 1. The summed E-state index contributed by atoms with van der Waals surface area (Å²) in [5, 5.41) is 9.29. The summed E-state index contributed by atoms with van der Waals surface area (Å²) in [6.45, 7) is 3.33. The average molecular weight is 447 g/mol. The lowest BCUT2D eigenvalue weighted by Crippen LogP contribution is -2.31. The predicted octanol–water partition coefficient (Wildman–Crippen LogP) is 4.98. The fourth-order valence-corrected chi connectivity index (χ4v) is 4.47. The van der Waals surface area contributed by atoms with Crippen molar-refractivity contribution >= 4 is 21.7 Å². The lowest BCUT2D eigenvalue weighted by molar-refractivity contribution is 0.0696. The molecule has 9 heteroatoms. The molecule has 3 rings (SSSR count). The number of carbonyl (C=O) groups is 1. The summed E-state index contributed by atoms with van der Waals surface area (Å²) >= 11 is 0. The molecule has 0 spiro atoms. The molecule has 0 heterocycles. The molecule has 0 unspecified atom stereocenters. The molecule has 0 saturated heterocycles. The van der Waals surface area contributed by atoms with E-state index in [9.17, 15) is 27.1 Å². The van der Waals surface area contributed by atoms with E-state index in [-0.39, 0.29) is 22.8 Å². The van der Waals surface area contributed by atoms with Crippen molar-refractivity contribution in [2.45, 2.75) is 18.7 Å². The first-order valence-electron chi connectivity index (χ1n) is 9.23. The van der Waals surface area contributed by atoms with Crippen molar-refractivity contribution < 1.29 is 31.8 Å². The molecule has 0 saturated carbocycles. The third-order valence-corrected chi connectivity index (χ3v) is 6.47. The summed E-state index contributed by atoms with van der Waals surface area (Å²) in [6, 6.07) is 13.1. The summed E-state index contributed by atoms with van der Waals surface area (Å²) in [7, 11) is -4.02. The number of anilines is 1. The highest BCUT2D eigenvalue weighted by molar-refractivity contribution is 7.92. The zero-order valence-corrected chi connectivity index (χ0v) is 17.5. The van der Waals surface area contributed by atoms with Gasteiger partial charge in [-0.1, -0.05) is 6.07 Å². The third kappa shape index (κ3) is 4.66. The van der Waals surface area contributed by atoms with Gasteiger partial charge in [0.05, 0.1) is 16.1 Å². The van der Waals surface area contributed by atoms with Crippen molar-refractivity contribution in [2.75, 3.05) is 10.8 Å². The lowest BCUT2D eigenvalue weighted by atomic mass is 10.1. The van der Waals surface area contributed by atoms with Crippen molar-refractivity contribution in [1.29, 1.82) is 0 Å². The number of sulfonamides is 1. The highest BCUT2D eigenvalue weighted by atomic mass is 32.2. The molecule has 0 atom stereocenters. The molecule has 3 aromatic rings. The van der Waals surface area contributed by atoms with Crippen LogP contribution in [0, 0.1) is 18.6 Å². The number of nitrogens with zero attached hydrogens (tertiary/aromatic N) is 1. The van der Waals surface area contributed by atoms with E-state index >= 15 is 0 Å². The number of halogens is 2. The number of carboxylic acid groups (broad SMARTS) is 1. The van der Waals surface area contributed by atoms with Gasteiger partial charge in [-0.2, -0.15) is 0 Å². The molecule has 162 valence electrons. The summed E-state index contributed by atoms with van der Waals surface area (Å²) in [4.78, 5) is 11.2. The van der Waals surface area contributed by atoms with E-state index in [0.717, 1.165) is 22.5 Å². The standard InChI is InChI=1S/C22H19F2NO5S/c1-3-25(31(28,29)18-10-4-14(2)19(13-18)22(26)27)15-5-7-16(8-6-15)30-17-9-11-20(23)21(24)12-17/h4-13H,3H2,1-2H3,(H,26,27).